The zero-order valence-electron chi connectivity index (χ0n) is 12.5. The third-order valence-corrected chi connectivity index (χ3v) is 4.21. The van der Waals surface area contributed by atoms with E-state index in [-0.39, 0.29) is 24.5 Å². The predicted molar refractivity (Wildman–Crippen MR) is 70.9 cm³/mol. The fourth-order valence-corrected chi connectivity index (χ4v) is 2.81. The number of rotatable bonds is 4. The first-order valence-electron chi connectivity index (χ1n) is 7.20. The van der Waals surface area contributed by atoms with Crippen molar-refractivity contribution in [3.63, 3.8) is 0 Å². The smallest absolute Gasteiger partial charge is 0.416 e. The van der Waals surface area contributed by atoms with Crippen LogP contribution in [0, 0.1) is 11.8 Å². The zero-order chi connectivity index (χ0) is 14.9. The first-order valence-corrected chi connectivity index (χ1v) is 7.20. The molecule has 2 heterocycles. The Morgan fingerprint density at radius 2 is 1.95 bits per heavy atom. The predicted octanol–water partition coefficient (Wildman–Crippen LogP) is 1.78. The van der Waals surface area contributed by atoms with E-state index < -0.39 is 17.8 Å². The van der Waals surface area contributed by atoms with Gasteiger partial charge in [-0.05, 0) is 19.3 Å². The molecule has 0 unspecified atom stereocenters. The lowest BCUT2D eigenvalue weighted by Crippen LogP contribution is -2.51. The quantitative estimate of drug-likeness (QED) is 0.787. The monoisotopic (exact) mass is 285 g/mol. The van der Waals surface area contributed by atoms with Crippen molar-refractivity contribution in [3.8, 4) is 0 Å². The van der Waals surface area contributed by atoms with E-state index in [9.17, 15) is 9.59 Å². The number of cyclic esters (lactones) is 1. The molecule has 0 aromatic rings. The molecule has 2 saturated heterocycles. The van der Waals surface area contributed by atoms with Crippen molar-refractivity contribution < 1.29 is 23.8 Å². The molecular weight excluding hydrogens is 262 g/mol. The number of ether oxygens (including phenoxy) is 3. The van der Waals surface area contributed by atoms with Crippen LogP contribution in [0.1, 0.15) is 34.1 Å². The molecule has 0 saturated carbocycles. The molecule has 0 N–H and O–H groups in total. The van der Waals surface area contributed by atoms with Gasteiger partial charge in [0.25, 0.3) is 0 Å². The van der Waals surface area contributed by atoms with E-state index in [4.69, 9.17) is 14.2 Å². The van der Waals surface area contributed by atoms with Crippen molar-refractivity contribution in [2.45, 2.75) is 45.9 Å². The molecule has 2 atom stereocenters. The van der Waals surface area contributed by atoms with Gasteiger partial charge in [0.15, 0.2) is 5.79 Å². The fraction of sp³-hybridized carbons (Fsp3) is 0.857. The maximum atomic E-state index is 12.7. The molecule has 2 fully saturated rings. The summed E-state index contributed by atoms with van der Waals surface area (Å²) in [5.41, 5.74) is 0. The third-order valence-electron chi connectivity index (χ3n) is 4.21. The van der Waals surface area contributed by atoms with Gasteiger partial charge in [0.05, 0.1) is 25.2 Å². The molecule has 0 aliphatic carbocycles. The van der Waals surface area contributed by atoms with Crippen molar-refractivity contribution in [1.82, 2.24) is 4.90 Å². The van der Waals surface area contributed by atoms with Gasteiger partial charge in [-0.25, -0.2) is 9.69 Å². The van der Waals surface area contributed by atoms with E-state index in [1.807, 2.05) is 20.8 Å². The Morgan fingerprint density at radius 3 is 2.45 bits per heavy atom. The average Bonchev–Trinajstić information content (AvgIpc) is 3.04. The lowest BCUT2D eigenvalue weighted by atomic mass is 9.94. The Morgan fingerprint density at radius 1 is 1.35 bits per heavy atom. The van der Waals surface area contributed by atoms with Crippen LogP contribution >= 0.6 is 0 Å². The number of imide groups is 1. The highest BCUT2D eigenvalue weighted by atomic mass is 16.7. The SMILES string of the molecule is CCC1([C@@H](C)C(=O)N2C(=O)OC[C@@H]2C(C)C)OCCO1. The van der Waals surface area contributed by atoms with Gasteiger partial charge in [0.2, 0.25) is 5.91 Å². The molecular formula is C14H23NO5. The highest BCUT2D eigenvalue weighted by Crippen LogP contribution is 2.34. The van der Waals surface area contributed by atoms with E-state index in [2.05, 4.69) is 0 Å². The van der Waals surface area contributed by atoms with Gasteiger partial charge in [0.1, 0.15) is 6.61 Å². The first kappa shape index (κ1) is 15.3. The van der Waals surface area contributed by atoms with Crippen LogP contribution < -0.4 is 0 Å². The summed E-state index contributed by atoms with van der Waals surface area (Å²) >= 11 is 0. The molecule has 2 rings (SSSR count). The van der Waals surface area contributed by atoms with Gasteiger partial charge in [0, 0.05) is 0 Å². The Hall–Kier alpha value is -1.14. The van der Waals surface area contributed by atoms with Gasteiger partial charge in [-0.15, -0.1) is 0 Å². The highest BCUT2D eigenvalue weighted by molar-refractivity contribution is 5.95. The molecule has 0 aromatic heterocycles. The topological polar surface area (TPSA) is 65.1 Å². The zero-order valence-corrected chi connectivity index (χ0v) is 12.5. The van der Waals surface area contributed by atoms with Gasteiger partial charge >= 0.3 is 6.09 Å². The number of amides is 2. The first-order chi connectivity index (χ1) is 9.43. The standard InChI is InChI=1S/C14H23NO5/c1-5-14(19-6-7-20-14)10(4)12(16)15-11(9(2)3)8-18-13(15)17/h9-11H,5-8H2,1-4H3/t10-,11+/m0/s1. The molecule has 2 aliphatic rings. The second kappa shape index (κ2) is 5.69. The van der Waals surface area contributed by atoms with Gasteiger partial charge in [-0.3, -0.25) is 4.79 Å². The van der Waals surface area contributed by atoms with E-state index in [0.717, 1.165) is 0 Å². The van der Waals surface area contributed by atoms with Gasteiger partial charge in [-0.2, -0.15) is 0 Å². The Balaban J connectivity index is 2.19. The van der Waals surface area contributed by atoms with Crippen LogP contribution in [0.5, 0.6) is 0 Å². The Bertz CT molecular complexity index is 389. The van der Waals surface area contributed by atoms with Crippen LogP contribution in [0.4, 0.5) is 4.79 Å². The van der Waals surface area contributed by atoms with Crippen LogP contribution in [-0.4, -0.2) is 48.5 Å². The van der Waals surface area contributed by atoms with Crippen LogP contribution in [0.15, 0.2) is 0 Å². The second-order valence-electron chi connectivity index (χ2n) is 5.68. The van der Waals surface area contributed by atoms with Crippen molar-refractivity contribution >= 4 is 12.0 Å². The number of hydrogen-bond donors (Lipinski definition) is 0. The number of carbonyl (C=O) groups excluding carboxylic acids is 2. The van der Waals surface area contributed by atoms with E-state index >= 15 is 0 Å². The van der Waals surface area contributed by atoms with Gasteiger partial charge in [-0.1, -0.05) is 20.8 Å². The Labute approximate surface area is 119 Å². The molecule has 0 radical (unpaired) electrons. The summed E-state index contributed by atoms with van der Waals surface area (Å²) in [6, 6.07) is -0.215. The summed E-state index contributed by atoms with van der Waals surface area (Å²) in [7, 11) is 0. The van der Waals surface area contributed by atoms with E-state index in [1.165, 1.54) is 4.90 Å². The maximum absolute atomic E-state index is 12.7. The second-order valence-corrected chi connectivity index (χ2v) is 5.68. The summed E-state index contributed by atoms with van der Waals surface area (Å²) < 4.78 is 16.3. The van der Waals surface area contributed by atoms with Crippen LogP contribution in [-0.2, 0) is 19.0 Å². The summed E-state index contributed by atoms with van der Waals surface area (Å²) in [5.74, 6) is -1.58. The number of hydrogen-bond acceptors (Lipinski definition) is 5. The largest absolute Gasteiger partial charge is 0.447 e. The van der Waals surface area contributed by atoms with E-state index in [1.54, 1.807) is 6.92 Å². The average molecular weight is 285 g/mol. The minimum Gasteiger partial charge on any atom is -0.447 e. The molecule has 6 nitrogen and oxygen atoms in total. The summed E-state index contributed by atoms with van der Waals surface area (Å²) in [6.45, 7) is 8.81. The number of carbonyl (C=O) groups is 2. The van der Waals surface area contributed by atoms with E-state index in [0.29, 0.717) is 19.6 Å². The molecule has 6 heteroatoms. The van der Waals surface area contributed by atoms with Crippen molar-refractivity contribution in [1.29, 1.82) is 0 Å². The highest BCUT2D eigenvalue weighted by Gasteiger charge is 2.50. The minimum atomic E-state index is -0.915. The third kappa shape index (κ3) is 2.42. The lowest BCUT2D eigenvalue weighted by molar-refractivity contribution is -0.200. The molecule has 0 bridgehead atoms. The summed E-state index contributed by atoms with van der Waals surface area (Å²) in [4.78, 5) is 25.8. The molecule has 2 aliphatic heterocycles. The molecule has 20 heavy (non-hydrogen) atoms. The normalized spacial score (nSPS) is 26.9. The molecule has 2 amide bonds. The summed E-state index contributed by atoms with van der Waals surface area (Å²) in [5, 5.41) is 0. The fourth-order valence-electron chi connectivity index (χ4n) is 2.81. The number of nitrogens with zero attached hydrogens (tertiary/aromatic N) is 1. The van der Waals surface area contributed by atoms with Crippen LogP contribution in [0.3, 0.4) is 0 Å². The molecule has 114 valence electrons. The van der Waals surface area contributed by atoms with Crippen molar-refractivity contribution in [3.05, 3.63) is 0 Å². The minimum absolute atomic E-state index is 0.153. The Kier molecular flexibility index (Phi) is 4.34. The lowest BCUT2D eigenvalue weighted by Gasteiger charge is -2.34. The van der Waals surface area contributed by atoms with Crippen LogP contribution in [0.25, 0.3) is 0 Å². The van der Waals surface area contributed by atoms with Crippen molar-refractivity contribution in [2.24, 2.45) is 11.8 Å². The van der Waals surface area contributed by atoms with Crippen molar-refractivity contribution in [2.75, 3.05) is 19.8 Å². The van der Waals surface area contributed by atoms with Crippen LogP contribution in [0.2, 0.25) is 0 Å². The summed E-state index contributed by atoms with van der Waals surface area (Å²) in [6.07, 6.45) is -0.000377. The molecule has 0 aromatic carbocycles. The molecule has 0 spiro atoms. The maximum Gasteiger partial charge on any atom is 0.416 e. The van der Waals surface area contributed by atoms with Gasteiger partial charge < -0.3 is 14.2 Å².